The number of sulfonamides is 1. The molecule has 3 aromatic rings. The van der Waals surface area contributed by atoms with Crippen molar-refractivity contribution >= 4 is 44.5 Å². The predicted molar refractivity (Wildman–Crippen MR) is 128 cm³/mol. The molecule has 3 heterocycles. The molecular formula is C19H23N7O8S2. The highest BCUT2D eigenvalue weighted by atomic mass is 32.2. The number of hydrogen-bond donors (Lipinski definition) is 4. The fourth-order valence-corrected chi connectivity index (χ4v) is 5.91. The first kappa shape index (κ1) is 26.0. The second-order valence-electron chi connectivity index (χ2n) is 7.69. The molecule has 17 heteroatoms. The number of aromatic nitrogens is 4. The first-order chi connectivity index (χ1) is 17.1. The predicted octanol–water partition coefficient (Wildman–Crippen LogP) is -0.344. The van der Waals surface area contributed by atoms with Crippen molar-refractivity contribution < 1.29 is 33.0 Å². The number of aliphatic hydroxyl groups is 2. The Hall–Kier alpha value is -3.09. The van der Waals surface area contributed by atoms with Crippen LogP contribution in [0.3, 0.4) is 0 Å². The van der Waals surface area contributed by atoms with E-state index in [1.807, 2.05) is 0 Å². The van der Waals surface area contributed by atoms with E-state index in [4.69, 9.17) is 15.2 Å². The summed E-state index contributed by atoms with van der Waals surface area (Å²) in [6.07, 6.45) is -1.55. The Labute approximate surface area is 208 Å². The van der Waals surface area contributed by atoms with Crippen molar-refractivity contribution in [3.8, 4) is 5.75 Å². The molecule has 1 fully saturated rings. The highest BCUT2D eigenvalue weighted by Crippen LogP contribution is 2.33. The van der Waals surface area contributed by atoms with Crippen LogP contribution in [-0.2, 0) is 14.8 Å². The van der Waals surface area contributed by atoms with Gasteiger partial charge in [-0.15, -0.1) is 0 Å². The molecule has 2 aromatic heterocycles. The van der Waals surface area contributed by atoms with Gasteiger partial charge in [0.15, 0.2) is 22.6 Å². The molecule has 1 aromatic carbocycles. The second kappa shape index (κ2) is 10.5. The van der Waals surface area contributed by atoms with Gasteiger partial charge in [0.25, 0.3) is 5.69 Å². The lowest BCUT2D eigenvalue weighted by atomic mass is 10.1. The number of anilines is 1. The quantitative estimate of drug-likeness (QED) is 0.147. The minimum absolute atomic E-state index is 0.0344. The Kier molecular flexibility index (Phi) is 7.57. The Morgan fingerprint density at radius 3 is 2.81 bits per heavy atom. The molecule has 4 rings (SSSR count). The highest BCUT2D eigenvalue weighted by Gasteiger charge is 2.44. The first-order valence-corrected chi connectivity index (χ1v) is 13.1. The Morgan fingerprint density at radius 2 is 2.08 bits per heavy atom. The molecule has 1 aliphatic rings. The molecule has 0 bridgehead atoms. The van der Waals surface area contributed by atoms with E-state index in [0.29, 0.717) is 11.2 Å². The molecule has 1 aliphatic heterocycles. The minimum atomic E-state index is -4.16. The van der Waals surface area contributed by atoms with Gasteiger partial charge in [-0.2, -0.15) is 11.8 Å². The lowest BCUT2D eigenvalue weighted by Gasteiger charge is -2.16. The fourth-order valence-electron chi connectivity index (χ4n) is 3.67. The third kappa shape index (κ3) is 5.06. The number of nitrogens with one attached hydrogen (secondary N) is 1. The number of imidazole rings is 1. The average Bonchev–Trinajstić information content (AvgIpc) is 3.40. The second-order valence-corrected chi connectivity index (χ2v) is 10.6. The van der Waals surface area contributed by atoms with E-state index in [-0.39, 0.29) is 29.6 Å². The van der Waals surface area contributed by atoms with Crippen LogP contribution in [0, 0.1) is 10.1 Å². The number of nitro benzene ring substituents is 1. The summed E-state index contributed by atoms with van der Waals surface area (Å²) < 4.78 is 39.7. The molecule has 0 aliphatic carbocycles. The molecule has 0 radical (unpaired) electrons. The highest BCUT2D eigenvalue weighted by molar-refractivity contribution is 7.99. The van der Waals surface area contributed by atoms with Crippen LogP contribution in [-0.4, -0.2) is 86.5 Å². The van der Waals surface area contributed by atoms with Gasteiger partial charge < -0.3 is 25.4 Å². The normalized spacial score (nSPS) is 22.2. The van der Waals surface area contributed by atoms with Crippen molar-refractivity contribution in [2.75, 3.05) is 30.9 Å². The molecule has 194 valence electrons. The first-order valence-electron chi connectivity index (χ1n) is 10.5. The number of nitrogens with two attached hydrogens (primary N) is 1. The maximum atomic E-state index is 12.6. The standard InChI is InChI=1S/C19H23N7O8S2/c1-33-10-2-3-13(11(6-10)26(29)30)36(31,32)24-4-5-35-7-12-15(27)16(28)19(34-12)25-9-23-14-17(20)21-8-22-18(14)25/h2-3,6,8-9,12,15-16,19,24,27-28H,4-5,7H2,1H3,(H2,20,21,22)/t12-,15-,16-,19-/m1/s1. The summed E-state index contributed by atoms with van der Waals surface area (Å²) >= 11 is 1.27. The van der Waals surface area contributed by atoms with Gasteiger partial charge >= 0.3 is 0 Å². The van der Waals surface area contributed by atoms with Crippen molar-refractivity contribution in [2.45, 2.75) is 29.4 Å². The van der Waals surface area contributed by atoms with Crippen molar-refractivity contribution in [3.63, 3.8) is 0 Å². The lowest BCUT2D eigenvalue weighted by molar-refractivity contribution is -0.387. The van der Waals surface area contributed by atoms with Crippen LogP contribution < -0.4 is 15.2 Å². The van der Waals surface area contributed by atoms with Crippen molar-refractivity contribution in [3.05, 3.63) is 41.0 Å². The van der Waals surface area contributed by atoms with E-state index >= 15 is 0 Å². The van der Waals surface area contributed by atoms with E-state index in [1.165, 1.54) is 42.2 Å². The number of ether oxygens (including phenoxy) is 2. The number of hydrogen-bond acceptors (Lipinski definition) is 13. The third-order valence-corrected chi connectivity index (χ3v) is 8.04. The Morgan fingerprint density at radius 1 is 1.31 bits per heavy atom. The van der Waals surface area contributed by atoms with Gasteiger partial charge in [-0.05, 0) is 12.1 Å². The van der Waals surface area contributed by atoms with Gasteiger partial charge in [0.1, 0.15) is 29.8 Å². The average molecular weight is 542 g/mol. The summed E-state index contributed by atoms with van der Waals surface area (Å²) in [5.74, 6) is 0.838. The SMILES string of the molecule is COc1ccc(S(=O)(=O)NCCSC[C@H]2O[C@@H](n3cnc4c(N)ncnc43)[C@H](O)[C@@H]2O)c([N+](=O)[O-])c1. The van der Waals surface area contributed by atoms with Crippen molar-refractivity contribution in [1.29, 1.82) is 0 Å². The van der Waals surface area contributed by atoms with Crippen molar-refractivity contribution in [2.24, 2.45) is 0 Å². The smallest absolute Gasteiger partial charge is 0.293 e. The lowest BCUT2D eigenvalue weighted by Crippen LogP contribution is -2.33. The molecule has 36 heavy (non-hydrogen) atoms. The molecule has 0 saturated carbocycles. The number of thioether (sulfide) groups is 1. The zero-order chi connectivity index (χ0) is 26.0. The molecule has 0 amide bonds. The number of methoxy groups -OCH3 is 1. The summed E-state index contributed by atoms with van der Waals surface area (Å²) in [5.41, 5.74) is 5.86. The molecule has 0 unspecified atom stereocenters. The van der Waals surface area contributed by atoms with E-state index in [2.05, 4.69) is 19.7 Å². The topological polar surface area (TPSA) is 218 Å². The van der Waals surface area contributed by atoms with Crippen LogP contribution in [0.1, 0.15) is 6.23 Å². The summed E-state index contributed by atoms with van der Waals surface area (Å²) in [7, 11) is -2.84. The van der Waals surface area contributed by atoms with Crippen LogP contribution in [0.15, 0.2) is 35.7 Å². The van der Waals surface area contributed by atoms with E-state index in [9.17, 15) is 28.7 Å². The largest absolute Gasteiger partial charge is 0.497 e. The van der Waals surface area contributed by atoms with E-state index in [0.717, 1.165) is 12.1 Å². The molecule has 15 nitrogen and oxygen atoms in total. The Balaban J connectivity index is 1.33. The van der Waals surface area contributed by atoms with Gasteiger partial charge in [-0.3, -0.25) is 14.7 Å². The van der Waals surface area contributed by atoms with Crippen LogP contribution in [0.2, 0.25) is 0 Å². The molecule has 0 spiro atoms. The number of benzene rings is 1. The van der Waals surface area contributed by atoms with Gasteiger partial charge in [0.05, 0.1) is 30.5 Å². The number of aliphatic hydroxyl groups excluding tert-OH is 2. The number of nitrogen functional groups attached to an aromatic ring is 1. The summed E-state index contributed by atoms with van der Waals surface area (Å²) in [6.45, 7) is -0.0344. The summed E-state index contributed by atoms with van der Waals surface area (Å²) in [4.78, 5) is 22.1. The maximum Gasteiger partial charge on any atom is 0.293 e. The van der Waals surface area contributed by atoms with Gasteiger partial charge in [0.2, 0.25) is 10.0 Å². The molecule has 5 N–H and O–H groups in total. The zero-order valence-corrected chi connectivity index (χ0v) is 20.4. The fraction of sp³-hybridized carbons (Fsp3) is 0.421. The van der Waals surface area contributed by atoms with Gasteiger partial charge in [0, 0.05) is 18.1 Å². The Bertz CT molecular complexity index is 1370. The zero-order valence-electron chi connectivity index (χ0n) is 18.8. The number of nitro groups is 1. The number of fused-ring (bicyclic) bond motifs is 1. The van der Waals surface area contributed by atoms with Crippen molar-refractivity contribution in [1.82, 2.24) is 24.2 Å². The molecule has 4 atom stereocenters. The van der Waals surface area contributed by atoms with Crippen LogP contribution in [0.5, 0.6) is 5.75 Å². The van der Waals surface area contributed by atoms with Crippen LogP contribution in [0.25, 0.3) is 11.2 Å². The van der Waals surface area contributed by atoms with Gasteiger partial charge in [-0.25, -0.2) is 28.1 Å². The minimum Gasteiger partial charge on any atom is -0.497 e. The van der Waals surface area contributed by atoms with Crippen LogP contribution in [0.4, 0.5) is 11.5 Å². The van der Waals surface area contributed by atoms with Gasteiger partial charge in [-0.1, -0.05) is 0 Å². The van der Waals surface area contributed by atoms with Crippen LogP contribution >= 0.6 is 11.8 Å². The summed E-state index contributed by atoms with van der Waals surface area (Å²) in [5, 5.41) is 32.3. The van der Waals surface area contributed by atoms with E-state index in [1.54, 1.807) is 0 Å². The maximum absolute atomic E-state index is 12.6. The van der Waals surface area contributed by atoms with E-state index < -0.39 is 50.1 Å². The molecule has 1 saturated heterocycles. The number of nitrogens with zero attached hydrogens (tertiary/aromatic N) is 5. The molecular weight excluding hydrogens is 518 g/mol. The number of rotatable bonds is 10. The monoisotopic (exact) mass is 541 g/mol. The third-order valence-electron chi connectivity index (χ3n) is 5.47. The summed E-state index contributed by atoms with van der Waals surface area (Å²) in [6, 6.07) is 3.46.